The molecule has 6 nitrogen and oxygen atoms in total. The maximum absolute atomic E-state index is 12.4. The highest BCUT2D eigenvalue weighted by atomic mass is 35.5. The van der Waals surface area contributed by atoms with Crippen molar-refractivity contribution in [3.63, 3.8) is 0 Å². The second kappa shape index (κ2) is 7.05. The van der Waals surface area contributed by atoms with Gasteiger partial charge in [0.2, 0.25) is 5.95 Å². The van der Waals surface area contributed by atoms with Crippen molar-refractivity contribution >= 4 is 29.3 Å². The fourth-order valence-corrected chi connectivity index (χ4v) is 2.71. The zero-order chi connectivity index (χ0) is 17.1. The molecule has 0 spiro atoms. The Labute approximate surface area is 146 Å². The molecule has 1 saturated heterocycles. The number of carbonyl (C=O) groups is 1. The summed E-state index contributed by atoms with van der Waals surface area (Å²) in [4.78, 5) is 24.9. The average molecular weight is 346 g/mol. The van der Waals surface area contributed by atoms with Gasteiger partial charge >= 0.3 is 6.03 Å². The Hall–Kier alpha value is -2.34. The summed E-state index contributed by atoms with van der Waals surface area (Å²) < 4.78 is 0. The van der Waals surface area contributed by atoms with Gasteiger partial charge < -0.3 is 15.1 Å². The van der Waals surface area contributed by atoms with E-state index in [0.717, 1.165) is 11.1 Å². The van der Waals surface area contributed by atoms with Crippen molar-refractivity contribution in [3.05, 3.63) is 46.7 Å². The third kappa shape index (κ3) is 3.76. The highest BCUT2D eigenvalue weighted by molar-refractivity contribution is 6.31. The summed E-state index contributed by atoms with van der Waals surface area (Å²) in [6, 6.07) is 5.41. The second-order valence-electron chi connectivity index (χ2n) is 5.93. The van der Waals surface area contributed by atoms with Crippen LogP contribution in [-0.2, 0) is 0 Å². The highest BCUT2D eigenvalue weighted by Crippen LogP contribution is 2.20. The summed E-state index contributed by atoms with van der Waals surface area (Å²) in [5.74, 6) is 0.714. The predicted molar refractivity (Wildman–Crippen MR) is 95.8 cm³/mol. The van der Waals surface area contributed by atoms with Crippen molar-refractivity contribution in [1.82, 2.24) is 14.9 Å². The topological polar surface area (TPSA) is 61.4 Å². The van der Waals surface area contributed by atoms with Crippen molar-refractivity contribution in [3.8, 4) is 0 Å². The van der Waals surface area contributed by atoms with Gasteiger partial charge in [0, 0.05) is 49.3 Å². The van der Waals surface area contributed by atoms with Crippen LogP contribution in [0.15, 0.2) is 30.6 Å². The number of halogens is 1. The number of aromatic nitrogens is 2. The molecule has 1 fully saturated rings. The summed E-state index contributed by atoms with van der Waals surface area (Å²) in [6.45, 7) is 6.57. The number of anilines is 2. The molecule has 7 heteroatoms. The van der Waals surface area contributed by atoms with Gasteiger partial charge in [-0.25, -0.2) is 14.8 Å². The molecule has 1 aliphatic heterocycles. The summed E-state index contributed by atoms with van der Waals surface area (Å²) in [5.41, 5.74) is 2.73. The zero-order valence-electron chi connectivity index (χ0n) is 13.8. The smallest absolute Gasteiger partial charge is 0.321 e. The minimum Gasteiger partial charge on any atom is -0.337 e. The molecule has 24 heavy (non-hydrogen) atoms. The first-order valence-corrected chi connectivity index (χ1v) is 8.26. The van der Waals surface area contributed by atoms with Crippen molar-refractivity contribution in [1.29, 1.82) is 0 Å². The van der Waals surface area contributed by atoms with Gasteiger partial charge in [0.1, 0.15) is 0 Å². The van der Waals surface area contributed by atoms with E-state index in [1.165, 1.54) is 0 Å². The Morgan fingerprint density at radius 2 is 1.79 bits per heavy atom. The van der Waals surface area contributed by atoms with E-state index in [2.05, 4.69) is 20.2 Å². The quantitative estimate of drug-likeness (QED) is 0.908. The Morgan fingerprint density at radius 3 is 2.42 bits per heavy atom. The molecule has 0 atom stereocenters. The lowest BCUT2D eigenvalue weighted by Crippen LogP contribution is -2.50. The largest absolute Gasteiger partial charge is 0.337 e. The number of carbonyl (C=O) groups excluding carboxylic acids is 1. The first kappa shape index (κ1) is 16.5. The normalized spacial score (nSPS) is 14.6. The van der Waals surface area contributed by atoms with Crippen molar-refractivity contribution < 1.29 is 4.79 Å². The van der Waals surface area contributed by atoms with Crippen molar-refractivity contribution in [2.75, 3.05) is 36.4 Å². The number of nitrogens with zero attached hydrogens (tertiary/aromatic N) is 4. The molecule has 0 saturated carbocycles. The van der Waals surface area contributed by atoms with Gasteiger partial charge in [0.25, 0.3) is 0 Å². The molecule has 2 heterocycles. The van der Waals surface area contributed by atoms with Gasteiger partial charge in [-0.3, -0.25) is 0 Å². The van der Waals surface area contributed by atoms with Crippen LogP contribution >= 0.6 is 11.6 Å². The standard InChI is InChI=1S/C17H20ClN5O/c1-12-10-19-16(20-11-12)22-5-7-23(8-6-22)17(24)21-14-4-3-13(2)15(18)9-14/h3-4,9-11H,5-8H2,1-2H3,(H,21,24). The lowest BCUT2D eigenvalue weighted by molar-refractivity contribution is 0.208. The first-order valence-electron chi connectivity index (χ1n) is 7.88. The van der Waals surface area contributed by atoms with Crippen LogP contribution in [0.1, 0.15) is 11.1 Å². The van der Waals surface area contributed by atoms with Gasteiger partial charge in [-0.2, -0.15) is 0 Å². The SMILES string of the molecule is Cc1cnc(N2CCN(C(=O)Nc3ccc(C)c(Cl)c3)CC2)nc1. The fraction of sp³-hybridized carbons (Fsp3) is 0.353. The number of rotatable bonds is 2. The molecule has 0 unspecified atom stereocenters. The van der Waals surface area contributed by atoms with Gasteiger partial charge in [-0.1, -0.05) is 17.7 Å². The number of aryl methyl sites for hydroxylation is 2. The Bertz CT molecular complexity index is 726. The first-order chi connectivity index (χ1) is 11.5. The van der Waals surface area contributed by atoms with Crippen LogP contribution in [0.25, 0.3) is 0 Å². The molecule has 0 aliphatic carbocycles. The number of urea groups is 1. The molecular formula is C17H20ClN5O. The third-order valence-corrected chi connectivity index (χ3v) is 4.45. The maximum Gasteiger partial charge on any atom is 0.321 e. The maximum atomic E-state index is 12.4. The summed E-state index contributed by atoms with van der Waals surface area (Å²) in [7, 11) is 0. The Morgan fingerprint density at radius 1 is 1.12 bits per heavy atom. The molecule has 2 aromatic rings. The number of piperazine rings is 1. The van der Waals surface area contributed by atoms with E-state index in [1.807, 2.05) is 38.4 Å². The number of hydrogen-bond acceptors (Lipinski definition) is 4. The third-order valence-electron chi connectivity index (χ3n) is 4.04. The lowest BCUT2D eigenvalue weighted by Gasteiger charge is -2.34. The van der Waals surface area contributed by atoms with E-state index in [0.29, 0.717) is 42.8 Å². The highest BCUT2D eigenvalue weighted by Gasteiger charge is 2.22. The number of nitrogens with one attached hydrogen (secondary N) is 1. The molecule has 2 amide bonds. The fourth-order valence-electron chi connectivity index (χ4n) is 2.53. The second-order valence-corrected chi connectivity index (χ2v) is 6.34. The average Bonchev–Trinajstić information content (AvgIpc) is 2.59. The van der Waals surface area contributed by atoms with Crippen molar-refractivity contribution in [2.24, 2.45) is 0 Å². The van der Waals surface area contributed by atoms with E-state index in [4.69, 9.17) is 11.6 Å². The molecule has 126 valence electrons. The van der Waals surface area contributed by atoms with Crippen molar-refractivity contribution in [2.45, 2.75) is 13.8 Å². The van der Waals surface area contributed by atoms with Crippen LogP contribution in [0, 0.1) is 13.8 Å². The lowest BCUT2D eigenvalue weighted by atomic mass is 10.2. The van der Waals surface area contributed by atoms with Crippen LogP contribution in [0.5, 0.6) is 0 Å². The predicted octanol–water partition coefficient (Wildman–Crippen LogP) is 3.10. The van der Waals surface area contributed by atoms with Crippen LogP contribution in [0.2, 0.25) is 5.02 Å². The van der Waals surface area contributed by atoms with E-state index in [9.17, 15) is 4.79 Å². The molecule has 1 aliphatic rings. The number of hydrogen-bond donors (Lipinski definition) is 1. The molecule has 1 aromatic heterocycles. The summed E-state index contributed by atoms with van der Waals surface area (Å²) in [5, 5.41) is 3.54. The number of benzene rings is 1. The van der Waals surface area contributed by atoms with Gasteiger partial charge in [0.15, 0.2) is 0 Å². The molecule has 1 aromatic carbocycles. The van der Waals surface area contributed by atoms with E-state index in [1.54, 1.807) is 11.0 Å². The van der Waals surface area contributed by atoms with Crippen LogP contribution < -0.4 is 10.2 Å². The van der Waals surface area contributed by atoms with E-state index < -0.39 is 0 Å². The molecule has 3 rings (SSSR count). The zero-order valence-corrected chi connectivity index (χ0v) is 14.5. The monoisotopic (exact) mass is 345 g/mol. The minimum absolute atomic E-state index is 0.112. The van der Waals surface area contributed by atoms with Crippen LogP contribution in [-0.4, -0.2) is 47.1 Å². The molecule has 1 N–H and O–H groups in total. The Kier molecular flexibility index (Phi) is 4.85. The Balaban J connectivity index is 1.56. The molecule has 0 bridgehead atoms. The minimum atomic E-state index is -0.112. The summed E-state index contributed by atoms with van der Waals surface area (Å²) in [6.07, 6.45) is 3.62. The van der Waals surface area contributed by atoms with Gasteiger partial charge in [0.05, 0.1) is 0 Å². The number of amides is 2. The molecule has 0 radical (unpaired) electrons. The van der Waals surface area contributed by atoms with Crippen LogP contribution in [0.4, 0.5) is 16.4 Å². The summed E-state index contributed by atoms with van der Waals surface area (Å²) >= 11 is 6.10. The van der Waals surface area contributed by atoms with Crippen LogP contribution in [0.3, 0.4) is 0 Å². The van der Waals surface area contributed by atoms with E-state index in [-0.39, 0.29) is 6.03 Å². The molecular weight excluding hydrogens is 326 g/mol. The van der Waals surface area contributed by atoms with E-state index >= 15 is 0 Å². The van der Waals surface area contributed by atoms with Gasteiger partial charge in [-0.15, -0.1) is 0 Å². The van der Waals surface area contributed by atoms with Gasteiger partial charge in [-0.05, 0) is 37.1 Å².